The Morgan fingerprint density at radius 3 is 2.56 bits per heavy atom. The van der Waals surface area contributed by atoms with Gasteiger partial charge in [0.1, 0.15) is 0 Å². The molecular formula is C16H26N2. The van der Waals surface area contributed by atoms with Gasteiger partial charge in [-0.15, -0.1) is 0 Å². The number of piperidine rings is 1. The number of nitrogens with zero attached hydrogens (tertiary/aromatic N) is 1. The Labute approximate surface area is 111 Å². The third kappa shape index (κ3) is 3.05. The van der Waals surface area contributed by atoms with E-state index < -0.39 is 0 Å². The van der Waals surface area contributed by atoms with Gasteiger partial charge in [0.25, 0.3) is 0 Å². The lowest BCUT2D eigenvalue weighted by molar-refractivity contribution is 0.378. The number of rotatable bonds is 4. The van der Waals surface area contributed by atoms with Crippen molar-refractivity contribution in [2.75, 3.05) is 18.0 Å². The Balaban J connectivity index is 1.99. The highest BCUT2D eigenvalue weighted by Gasteiger charge is 2.18. The summed E-state index contributed by atoms with van der Waals surface area (Å²) in [5, 5.41) is 0. The number of anilines is 1. The zero-order valence-electron chi connectivity index (χ0n) is 11.8. The topological polar surface area (TPSA) is 29.3 Å². The van der Waals surface area contributed by atoms with Crippen LogP contribution in [0.3, 0.4) is 0 Å². The van der Waals surface area contributed by atoms with Crippen molar-refractivity contribution in [3.63, 3.8) is 0 Å². The Morgan fingerprint density at radius 1 is 1.28 bits per heavy atom. The Kier molecular flexibility index (Phi) is 4.65. The van der Waals surface area contributed by atoms with Crippen LogP contribution < -0.4 is 10.6 Å². The molecule has 0 aliphatic carbocycles. The van der Waals surface area contributed by atoms with Gasteiger partial charge in [0, 0.05) is 25.3 Å². The van der Waals surface area contributed by atoms with Crippen molar-refractivity contribution < 1.29 is 0 Å². The Hall–Kier alpha value is -1.02. The van der Waals surface area contributed by atoms with E-state index in [2.05, 4.69) is 36.9 Å². The molecule has 0 atom stereocenters. The van der Waals surface area contributed by atoms with Gasteiger partial charge < -0.3 is 10.6 Å². The number of hydrogen-bond acceptors (Lipinski definition) is 2. The second-order valence-corrected chi connectivity index (χ2v) is 5.53. The van der Waals surface area contributed by atoms with Crippen molar-refractivity contribution in [1.29, 1.82) is 0 Å². The standard InChI is InChI=1S/C16H26N2/c1-3-4-14-7-9-18(10-8-14)16-6-5-15(12-17)13(2)11-16/h5-6,11,14H,3-4,7-10,12,17H2,1-2H3. The SMILES string of the molecule is CCCC1CCN(c2ccc(CN)c(C)c2)CC1. The molecule has 1 fully saturated rings. The molecule has 2 N–H and O–H groups in total. The van der Waals surface area contributed by atoms with Crippen LogP contribution in [0, 0.1) is 12.8 Å². The molecule has 1 saturated heterocycles. The summed E-state index contributed by atoms with van der Waals surface area (Å²) in [6, 6.07) is 6.71. The summed E-state index contributed by atoms with van der Waals surface area (Å²) in [5.74, 6) is 0.954. The zero-order chi connectivity index (χ0) is 13.0. The van der Waals surface area contributed by atoms with E-state index in [1.807, 2.05) is 0 Å². The van der Waals surface area contributed by atoms with Gasteiger partial charge in [0.2, 0.25) is 0 Å². The van der Waals surface area contributed by atoms with Gasteiger partial charge in [-0.05, 0) is 48.9 Å². The fraction of sp³-hybridized carbons (Fsp3) is 0.625. The molecule has 0 saturated carbocycles. The van der Waals surface area contributed by atoms with E-state index in [0.29, 0.717) is 6.54 Å². The third-order valence-electron chi connectivity index (χ3n) is 4.22. The van der Waals surface area contributed by atoms with Crippen LogP contribution in [0.2, 0.25) is 0 Å². The lowest BCUT2D eigenvalue weighted by Crippen LogP contribution is -2.33. The number of hydrogen-bond donors (Lipinski definition) is 1. The molecule has 2 heteroatoms. The summed E-state index contributed by atoms with van der Waals surface area (Å²) >= 11 is 0. The highest BCUT2D eigenvalue weighted by Crippen LogP contribution is 2.27. The number of aryl methyl sites for hydroxylation is 1. The van der Waals surface area contributed by atoms with Crippen LogP contribution in [0.25, 0.3) is 0 Å². The Morgan fingerprint density at radius 2 is 2.00 bits per heavy atom. The molecule has 1 aliphatic rings. The summed E-state index contributed by atoms with van der Waals surface area (Å²) in [5.41, 5.74) is 9.68. The van der Waals surface area contributed by atoms with Crippen LogP contribution in [0.15, 0.2) is 18.2 Å². The van der Waals surface area contributed by atoms with Crippen LogP contribution in [0.4, 0.5) is 5.69 Å². The molecule has 0 spiro atoms. The van der Waals surface area contributed by atoms with Crippen molar-refractivity contribution in [3.05, 3.63) is 29.3 Å². The predicted molar refractivity (Wildman–Crippen MR) is 78.9 cm³/mol. The molecule has 0 unspecified atom stereocenters. The van der Waals surface area contributed by atoms with Crippen LogP contribution in [-0.4, -0.2) is 13.1 Å². The Bertz CT molecular complexity index is 379. The molecule has 0 amide bonds. The molecule has 0 bridgehead atoms. The van der Waals surface area contributed by atoms with E-state index in [1.54, 1.807) is 0 Å². The van der Waals surface area contributed by atoms with Gasteiger partial charge in [-0.1, -0.05) is 25.8 Å². The largest absolute Gasteiger partial charge is 0.372 e. The molecule has 0 radical (unpaired) electrons. The third-order valence-corrected chi connectivity index (χ3v) is 4.22. The highest BCUT2D eigenvalue weighted by molar-refractivity contribution is 5.51. The minimum Gasteiger partial charge on any atom is -0.372 e. The van der Waals surface area contributed by atoms with Gasteiger partial charge in [-0.3, -0.25) is 0 Å². The van der Waals surface area contributed by atoms with Gasteiger partial charge in [-0.25, -0.2) is 0 Å². The molecule has 18 heavy (non-hydrogen) atoms. The fourth-order valence-electron chi connectivity index (χ4n) is 2.99. The molecule has 100 valence electrons. The molecule has 0 aromatic heterocycles. The van der Waals surface area contributed by atoms with Crippen LogP contribution >= 0.6 is 0 Å². The van der Waals surface area contributed by atoms with E-state index in [-0.39, 0.29) is 0 Å². The first-order valence-corrected chi connectivity index (χ1v) is 7.29. The van der Waals surface area contributed by atoms with Gasteiger partial charge >= 0.3 is 0 Å². The van der Waals surface area contributed by atoms with E-state index in [9.17, 15) is 0 Å². The van der Waals surface area contributed by atoms with E-state index >= 15 is 0 Å². The van der Waals surface area contributed by atoms with Crippen LogP contribution in [-0.2, 0) is 6.54 Å². The van der Waals surface area contributed by atoms with E-state index in [4.69, 9.17) is 5.73 Å². The van der Waals surface area contributed by atoms with Crippen molar-refractivity contribution >= 4 is 5.69 Å². The number of benzene rings is 1. The minimum absolute atomic E-state index is 0.644. The second-order valence-electron chi connectivity index (χ2n) is 5.53. The van der Waals surface area contributed by atoms with Crippen molar-refractivity contribution in [2.45, 2.75) is 46.1 Å². The number of nitrogens with two attached hydrogens (primary N) is 1. The van der Waals surface area contributed by atoms with Gasteiger partial charge in [0.05, 0.1) is 0 Å². The first-order chi connectivity index (χ1) is 8.74. The summed E-state index contributed by atoms with van der Waals surface area (Å²) in [4.78, 5) is 2.53. The summed E-state index contributed by atoms with van der Waals surface area (Å²) in [7, 11) is 0. The first kappa shape index (κ1) is 13.4. The summed E-state index contributed by atoms with van der Waals surface area (Å²) in [6.45, 7) is 7.53. The molecule has 1 aromatic rings. The van der Waals surface area contributed by atoms with Crippen molar-refractivity contribution in [1.82, 2.24) is 0 Å². The van der Waals surface area contributed by atoms with Crippen molar-refractivity contribution in [3.8, 4) is 0 Å². The van der Waals surface area contributed by atoms with Crippen LogP contribution in [0.1, 0.15) is 43.7 Å². The summed E-state index contributed by atoms with van der Waals surface area (Å²) in [6.07, 6.45) is 5.44. The maximum absolute atomic E-state index is 5.72. The summed E-state index contributed by atoms with van der Waals surface area (Å²) < 4.78 is 0. The lowest BCUT2D eigenvalue weighted by atomic mass is 9.92. The minimum atomic E-state index is 0.644. The average Bonchev–Trinajstić information content (AvgIpc) is 2.40. The maximum atomic E-state index is 5.72. The zero-order valence-corrected chi connectivity index (χ0v) is 11.8. The van der Waals surface area contributed by atoms with E-state index in [0.717, 1.165) is 5.92 Å². The molecule has 1 aliphatic heterocycles. The average molecular weight is 246 g/mol. The predicted octanol–water partition coefficient (Wildman–Crippen LogP) is 3.47. The highest BCUT2D eigenvalue weighted by atomic mass is 15.1. The van der Waals surface area contributed by atoms with Gasteiger partial charge in [-0.2, -0.15) is 0 Å². The molecule has 1 aromatic carbocycles. The molecule has 2 nitrogen and oxygen atoms in total. The molecule has 1 heterocycles. The normalized spacial score (nSPS) is 17.2. The lowest BCUT2D eigenvalue weighted by Gasteiger charge is -2.34. The second kappa shape index (κ2) is 6.24. The maximum Gasteiger partial charge on any atom is 0.0369 e. The fourth-order valence-corrected chi connectivity index (χ4v) is 2.99. The smallest absolute Gasteiger partial charge is 0.0369 e. The van der Waals surface area contributed by atoms with E-state index in [1.165, 1.54) is 55.6 Å². The van der Waals surface area contributed by atoms with Crippen molar-refractivity contribution in [2.24, 2.45) is 11.7 Å². The molecular weight excluding hydrogens is 220 g/mol. The first-order valence-electron chi connectivity index (χ1n) is 7.29. The molecule has 2 rings (SSSR count). The van der Waals surface area contributed by atoms with Crippen LogP contribution in [0.5, 0.6) is 0 Å². The quantitative estimate of drug-likeness (QED) is 0.881. The van der Waals surface area contributed by atoms with Gasteiger partial charge in [0.15, 0.2) is 0 Å². The monoisotopic (exact) mass is 246 g/mol.